The molecule has 1 aromatic carbocycles. The lowest BCUT2D eigenvalue weighted by atomic mass is 10.1. The molecule has 1 amide bonds. The van der Waals surface area contributed by atoms with Crippen LogP contribution in [0.15, 0.2) is 34.2 Å². The first kappa shape index (κ1) is 19.4. The van der Waals surface area contributed by atoms with Gasteiger partial charge in [-0.15, -0.1) is 0 Å². The van der Waals surface area contributed by atoms with Gasteiger partial charge in [0.2, 0.25) is 5.91 Å². The van der Waals surface area contributed by atoms with Crippen LogP contribution in [0.3, 0.4) is 0 Å². The summed E-state index contributed by atoms with van der Waals surface area (Å²) in [5, 5.41) is 3.58. The third-order valence-electron chi connectivity index (χ3n) is 4.59. The highest BCUT2D eigenvalue weighted by Crippen LogP contribution is 2.25. The number of carbonyl (C=O) groups is 2. The zero-order valence-corrected chi connectivity index (χ0v) is 15.4. The summed E-state index contributed by atoms with van der Waals surface area (Å²) < 4.78 is 6.27. The molecule has 0 bridgehead atoms. The van der Waals surface area contributed by atoms with Crippen molar-refractivity contribution in [3.05, 3.63) is 50.8 Å². The van der Waals surface area contributed by atoms with Crippen LogP contribution < -0.4 is 5.56 Å². The summed E-state index contributed by atoms with van der Waals surface area (Å²) in [7, 11) is 0. The van der Waals surface area contributed by atoms with Crippen molar-refractivity contribution in [2.24, 2.45) is 5.11 Å². The van der Waals surface area contributed by atoms with E-state index in [1.807, 2.05) is 0 Å². The normalized spacial score (nSPS) is 14.8. The number of benzene rings is 1. The molecule has 0 spiro atoms. The number of hydrogen-bond acceptors (Lipinski definition) is 6. The van der Waals surface area contributed by atoms with E-state index in [0.717, 1.165) is 0 Å². The molecule has 10 heteroatoms. The van der Waals surface area contributed by atoms with Crippen LogP contribution in [-0.4, -0.2) is 46.0 Å². The lowest BCUT2D eigenvalue weighted by Gasteiger charge is -2.26. The molecule has 0 aliphatic carbocycles. The van der Waals surface area contributed by atoms with E-state index in [4.69, 9.17) is 10.3 Å². The van der Waals surface area contributed by atoms with Crippen LogP contribution in [0.1, 0.15) is 31.5 Å². The topological polar surface area (TPSA) is 130 Å². The first-order valence-electron chi connectivity index (χ1n) is 9.02. The monoisotopic (exact) mass is 384 g/mol. The van der Waals surface area contributed by atoms with Crippen LogP contribution in [0.4, 0.5) is 0 Å². The fourth-order valence-corrected chi connectivity index (χ4v) is 3.37. The van der Waals surface area contributed by atoms with Crippen LogP contribution in [0, 0.1) is 0 Å². The highest BCUT2D eigenvalue weighted by Gasteiger charge is 2.32. The Balaban J connectivity index is 2.16. The molecule has 1 fully saturated rings. The van der Waals surface area contributed by atoms with Gasteiger partial charge in [-0.05, 0) is 31.0 Å². The van der Waals surface area contributed by atoms with Crippen LogP contribution in [0.2, 0.25) is 0 Å². The molecule has 3 rings (SSSR count). The summed E-state index contributed by atoms with van der Waals surface area (Å²) in [5.74, 6) is -0.666. The Morgan fingerprint density at radius 2 is 2.18 bits per heavy atom. The lowest BCUT2D eigenvalue weighted by molar-refractivity contribution is -0.143. The molecule has 10 nitrogen and oxygen atoms in total. The van der Waals surface area contributed by atoms with E-state index >= 15 is 0 Å². The Morgan fingerprint density at radius 1 is 1.39 bits per heavy atom. The molecule has 1 aliphatic heterocycles. The molecule has 1 aliphatic rings. The molecule has 2 heterocycles. The number of aromatic nitrogens is 2. The molecule has 2 aromatic rings. The average molecular weight is 384 g/mol. The number of likely N-dealkylation sites (tertiary alicyclic amines) is 1. The average Bonchev–Trinajstić information content (AvgIpc) is 3.11. The molecule has 146 valence electrons. The zero-order chi connectivity index (χ0) is 20.1. The van der Waals surface area contributed by atoms with E-state index in [2.05, 4.69) is 15.0 Å². The van der Waals surface area contributed by atoms with Crippen LogP contribution >= 0.6 is 0 Å². The predicted octanol–water partition coefficient (Wildman–Crippen LogP) is 1.93. The van der Waals surface area contributed by atoms with Gasteiger partial charge in [0.1, 0.15) is 12.2 Å². The van der Waals surface area contributed by atoms with Crippen molar-refractivity contribution >= 4 is 22.9 Å². The Bertz CT molecular complexity index is 1010. The third-order valence-corrected chi connectivity index (χ3v) is 4.59. The van der Waals surface area contributed by atoms with Gasteiger partial charge in [-0.3, -0.25) is 19.0 Å². The fourth-order valence-electron chi connectivity index (χ4n) is 3.37. The zero-order valence-electron chi connectivity index (χ0n) is 15.4. The van der Waals surface area contributed by atoms with Gasteiger partial charge in [0.05, 0.1) is 30.2 Å². The molecular formula is C18H20N6O4. The third kappa shape index (κ3) is 3.81. The van der Waals surface area contributed by atoms with Crippen molar-refractivity contribution in [1.29, 1.82) is 0 Å². The first-order valence-corrected chi connectivity index (χ1v) is 9.02. The van der Waals surface area contributed by atoms with Gasteiger partial charge in [-0.2, -0.15) is 0 Å². The van der Waals surface area contributed by atoms with Crippen molar-refractivity contribution in [3.63, 3.8) is 0 Å². The first-order chi connectivity index (χ1) is 13.6. The van der Waals surface area contributed by atoms with E-state index in [1.165, 1.54) is 9.47 Å². The maximum Gasteiger partial charge on any atom is 0.326 e. The van der Waals surface area contributed by atoms with Crippen molar-refractivity contribution < 1.29 is 14.3 Å². The van der Waals surface area contributed by atoms with Gasteiger partial charge in [-0.1, -0.05) is 17.2 Å². The molecule has 1 aromatic heterocycles. The van der Waals surface area contributed by atoms with Gasteiger partial charge >= 0.3 is 5.97 Å². The Kier molecular flexibility index (Phi) is 5.90. The molecule has 0 radical (unpaired) electrons. The van der Waals surface area contributed by atoms with E-state index < -0.39 is 17.6 Å². The fraction of sp³-hybridized carbons (Fsp3) is 0.444. The maximum absolute atomic E-state index is 13.2. The minimum Gasteiger partial charge on any atom is -0.465 e. The summed E-state index contributed by atoms with van der Waals surface area (Å²) in [6.07, 6.45) is 1.04. The Hall–Kier alpha value is -3.39. The van der Waals surface area contributed by atoms with E-state index in [1.54, 1.807) is 31.2 Å². The largest absolute Gasteiger partial charge is 0.465 e. The number of ether oxygens (including phenoxy) is 1. The second kappa shape index (κ2) is 8.53. The SMILES string of the molecule is CCOC(=O)Cn1c(=O)c([C@@H](CN=[N+]=[N-])N2CCCC2=O)nc2ccccc21. The van der Waals surface area contributed by atoms with Crippen LogP contribution in [0.5, 0.6) is 0 Å². The van der Waals surface area contributed by atoms with Crippen molar-refractivity contribution in [2.45, 2.75) is 32.4 Å². The van der Waals surface area contributed by atoms with Crippen LogP contribution in [-0.2, 0) is 20.9 Å². The summed E-state index contributed by atoms with van der Waals surface area (Å²) in [5.41, 5.74) is 9.28. The second-order valence-corrected chi connectivity index (χ2v) is 6.30. The number of para-hydroxylation sites is 2. The van der Waals surface area contributed by atoms with Crippen molar-refractivity contribution in [3.8, 4) is 0 Å². The van der Waals surface area contributed by atoms with Gasteiger partial charge in [0.15, 0.2) is 0 Å². The molecule has 0 N–H and O–H groups in total. The lowest BCUT2D eigenvalue weighted by Crippen LogP contribution is -2.38. The number of amides is 1. The Labute approximate surface area is 160 Å². The molecule has 1 atom stereocenters. The van der Waals surface area contributed by atoms with E-state index in [-0.39, 0.29) is 31.3 Å². The number of fused-ring (bicyclic) bond motifs is 1. The standard InChI is InChI=1S/C18H20N6O4/c1-2-28-16(26)11-24-13-7-4-3-6-12(13)21-17(18(24)27)14(10-20-22-19)23-9-5-8-15(23)25/h3-4,6-7,14H,2,5,8-11H2,1H3/t14-/m1/s1. The van der Waals surface area contributed by atoms with Crippen LogP contribution in [0.25, 0.3) is 21.5 Å². The van der Waals surface area contributed by atoms with Gasteiger partial charge < -0.3 is 9.64 Å². The van der Waals surface area contributed by atoms with E-state index in [9.17, 15) is 14.4 Å². The smallest absolute Gasteiger partial charge is 0.326 e. The highest BCUT2D eigenvalue weighted by atomic mass is 16.5. The molecule has 0 saturated carbocycles. The molecule has 28 heavy (non-hydrogen) atoms. The molecular weight excluding hydrogens is 364 g/mol. The highest BCUT2D eigenvalue weighted by molar-refractivity contribution is 5.79. The summed E-state index contributed by atoms with van der Waals surface area (Å²) in [6.45, 7) is 1.96. The number of hydrogen-bond donors (Lipinski definition) is 0. The van der Waals surface area contributed by atoms with Crippen molar-refractivity contribution in [2.75, 3.05) is 19.7 Å². The molecule has 1 saturated heterocycles. The number of rotatable bonds is 7. The number of azide groups is 1. The van der Waals surface area contributed by atoms with Gasteiger partial charge in [0, 0.05) is 17.9 Å². The number of nitrogens with zero attached hydrogens (tertiary/aromatic N) is 6. The minimum absolute atomic E-state index is 0.0747. The predicted molar refractivity (Wildman–Crippen MR) is 100 cm³/mol. The number of esters is 1. The maximum atomic E-state index is 13.2. The van der Waals surface area contributed by atoms with Crippen molar-refractivity contribution in [1.82, 2.24) is 14.5 Å². The summed E-state index contributed by atoms with van der Waals surface area (Å²) in [4.78, 5) is 46.2. The number of carbonyl (C=O) groups excluding carboxylic acids is 2. The second-order valence-electron chi connectivity index (χ2n) is 6.30. The van der Waals surface area contributed by atoms with Gasteiger partial charge in [0.25, 0.3) is 5.56 Å². The van der Waals surface area contributed by atoms with Gasteiger partial charge in [-0.25, -0.2) is 4.98 Å². The minimum atomic E-state index is -0.781. The molecule has 0 unspecified atom stereocenters. The summed E-state index contributed by atoms with van der Waals surface area (Å²) >= 11 is 0. The Morgan fingerprint density at radius 3 is 2.86 bits per heavy atom. The quantitative estimate of drug-likeness (QED) is 0.311. The summed E-state index contributed by atoms with van der Waals surface area (Å²) in [6, 6.07) is 6.14. The van der Waals surface area contributed by atoms with E-state index in [0.29, 0.717) is 30.4 Å².